The average molecular weight is 323 g/mol. The fourth-order valence-electron chi connectivity index (χ4n) is 3.28. The molecule has 0 aliphatic carbocycles. The first-order valence-electron chi connectivity index (χ1n) is 7.81. The number of nitrogens with zero attached hydrogens (tertiary/aromatic N) is 2. The van der Waals surface area contributed by atoms with Crippen molar-refractivity contribution in [1.29, 1.82) is 0 Å². The van der Waals surface area contributed by atoms with Crippen LogP contribution in [0, 0.1) is 5.92 Å². The van der Waals surface area contributed by atoms with Gasteiger partial charge in [-0.15, -0.1) is 11.6 Å². The Hall–Kier alpha value is 0.160. The average Bonchev–Trinajstić information content (AvgIpc) is 2.48. The largest absolute Gasteiger partial charge is 0.300 e. The van der Waals surface area contributed by atoms with E-state index in [1.807, 2.05) is 6.92 Å². The van der Waals surface area contributed by atoms with Crippen molar-refractivity contribution >= 4 is 21.6 Å². The molecule has 0 aromatic carbocycles. The van der Waals surface area contributed by atoms with E-state index in [-0.39, 0.29) is 11.7 Å². The smallest absolute Gasteiger partial charge is 0.214 e. The molecule has 2 aliphatic heterocycles. The van der Waals surface area contributed by atoms with Crippen LogP contribution in [0.4, 0.5) is 0 Å². The molecule has 1 unspecified atom stereocenters. The van der Waals surface area contributed by atoms with Crippen LogP contribution in [0.2, 0.25) is 0 Å². The van der Waals surface area contributed by atoms with Crippen LogP contribution in [0.3, 0.4) is 0 Å². The Balaban J connectivity index is 1.84. The van der Waals surface area contributed by atoms with Gasteiger partial charge in [0, 0.05) is 25.0 Å². The fourth-order valence-corrected chi connectivity index (χ4v) is 5.33. The van der Waals surface area contributed by atoms with Gasteiger partial charge in [-0.05, 0) is 44.7 Å². The molecule has 0 radical (unpaired) electrons. The Morgan fingerprint density at radius 1 is 1.10 bits per heavy atom. The first-order valence-corrected chi connectivity index (χ1v) is 9.95. The number of sulfonamides is 1. The summed E-state index contributed by atoms with van der Waals surface area (Å²) in [6, 6.07) is 0.590. The number of hydrogen-bond acceptors (Lipinski definition) is 3. The van der Waals surface area contributed by atoms with Gasteiger partial charge in [-0.2, -0.15) is 0 Å². The summed E-state index contributed by atoms with van der Waals surface area (Å²) in [7, 11) is -3.12. The SMILES string of the molecule is CC(CCl)CS(=O)(=O)N1CCC(N2CCCCC2)CC1. The molecule has 0 aromatic heterocycles. The number of halogens is 1. The van der Waals surface area contributed by atoms with Crippen LogP contribution in [-0.4, -0.2) is 61.5 Å². The molecule has 0 amide bonds. The van der Waals surface area contributed by atoms with Gasteiger partial charge < -0.3 is 4.90 Å². The highest BCUT2D eigenvalue weighted by atomic mass is 35.5. The van der Waals surface area contributed by atoms with Gasteiger partial charge in [0.05, 0.1) is 5.75 Å². The summed E-state index contributed by atoms with van der Waals surface area (Å²) in [5, 5.41) is 0. The maximum atomic E-state index is 12.3. The van der Waals surface area contributed by atoms with Crippen LogP contribution in [0.5, 0.6) is 0 Å². The quantitative estimate of drug-likeness (QED) is 0.728. The van der Waals surface area contributed by atoms with E-state index < -0.39 is 10.0 Å². The summed E-state index contributed by atoms with van der Waals surface area (Å²) < 4.78 is 26.3. The monoisotopic (exact) mass is 322 g/mol. The van der Waals surface area contributed by atoms with Gasteiger partial charge in [0.1, 0.15) is 0 Å². The molecule has 0 aromatic rings. The molecule has 118 valence electrons. The number of rotatable bonds is 5. The van der Waals surface area contributed by atoms with Gasteiger partial charge in [-0.3, -0.25) is 0 Å². The number of piperidine rings is 2. The van der Waals surface area contributed by atoms with Crippen molar-refractivity contribution in [2.75, 3.05) is 37.8 Å². The van der Waals surface area contributed by atoms with Crippen molar-refractivity contribution in [2.45, 2.75) is 45.1 Å². The summed E-state index contributed by atoms with van der Waals surface area (Å²) in [6.45, 7) is 5.64. The summed E-state index contributed by atoms with van der Waals surface area (Å²) in [5.41, 5.74) is 0. The van der Waals surface area contributed by atoms with Gasteiger partial charge in [-0.1, -0.05) is 13.3 Å². The Morgan fingerprint density at radius 2 is 1.70 bits per heavy atom. The van der Waals surface area contributed by atoms with E-state index in [0.29, 0.717) is 25.0 Å². The van der Waals surface area contributed by atoms with Crippen molar-refractivity contribution < 1.29 is 8.42 Å². The molecule has 2 aliphatic rings. The summed E-state index contributed by atoms with van der Waals surface area (Å²) in [5.74, 6) is 0.621. The van der Waals surface area contributed by atoms with Gasteiger partial charge >= 0.3 is 0 Å². The van der Waals surface area contributed by atoms with E-state index in [1.54, 1.807) is 4.31 Å². The molecule has 2 rings (SSSR count). The first kappa shape index (κ1) is 16.5. The predicted octanol–water partition coefficient (Wildman–Crippen LogP) is 2.14. The maximum absolute atomic E-state index is 12.3. The third-order valence-corrected chi connectivity index (χ3v) is 7.15. The summed E-state index contributed by atoms with van der Waals surface area (Å²) >= 11 is 5.73. The van der Waals surface area contributed by atoms with E-state index in [4.69, 9.17) is 11.6 Å². The van der Waals surface area contributed by atoms with E-state index in [2.05, 4.69) is 4.90 Å². The topological polar surface area (TPSA) is 40.6 Å². The molecular weight excluding hydrogens is 296 g/mol. The Bertz CT molecular complexity index is 388. The number of likely N-dealkylation sites (tertiary alicyclic amines) is 1. The molecule has 0 bridgehead atoms. The molecule has 6 heteroatoms. The second kappa shape index (κ2) is 7.43. The minimum atomic E-state index is -3.12. The molecule has 0 saturated carbocycles. The molecule has 4 nitrogen and oxygen atoms in total. The Labute approximate surface area is 128 Å². The van der Waals surface area contributed by atoms with Crippen molar-refractivity contribution in [3.8, 4) is 0 Å². The van der Waals surface area contributed by atoms with Gasteiger partial charge in [0.25, 0.3) is 0 Å². The highest BCUT2D eigenvalue weighted by molar-refractivity contribution is 7.89. The normalized spacial score (nSPS) is 25.7. The van der Waals surface area contributed by atoms with Gasteiger partial charge in [0.15, 0.2) is 0 Å². The molecule has 20 heavy (non-hydrogen) atoms. The standard InChI is InChI=1S/C14H27ClN2O2S/c1-13(11-15)12-20(18,19)17-9-5-14(6-10-17)16-7-3-2-4-8-16/h13-14H,2-12H2,1H3. The van der Waals surface area contributed by atoms with Crippen molar-refractivity contribution in [1.82, 2.24) is 9.21 Å². The van der Waals surface area contributed by atoms with Crippen LogP contribution in [0.1, 0.15) is 39.0 Å². The minimum absolute atomic E-state index is 0.0292. The lowest BCUT2D eigenvalue weighted by Crippen LogP contribution is -2.48. The van der Waals surface area contributed by atoms with Crippen LogP contribution >= 0.6 is 11.6 Å². The van der Waals surface area contributed by atoms with Gasteiger partial charge in [0.2, 0.25) is 10.0 Å². The van der Waals surface area contributed by atoms with Crippen LogP contribution in [0.15, 0.2) is 0 Å². The lowest BCUT2D eigenvalue weighted by Gasteiger charge is -2.39. The first-order chi connectivity index (χ1) is 9.53. The van der Waals surface area contributed by atoms with Crippen LogP contribution in [-0.2, 0) is 10.0 Å². The molecule has 0 spiro atoms. The third kappa shape index (κ3) is 4.33. The molecule has 2 fully saturated rings. The zero-order valence-corrected chi connectivity index (χ0v) is 14.0. The number of hydrogen-bond donors (Lipinski definition) is 0. The summed E-state index contributed by atoms with van der Waals surface area (Å²) in [4.78, 5) is 2.56. The molecular formula is C14H27ClN2O2S. The van der Waals surface area contributed by atoms with Crippen molar-refractivity contribution in [3.63, 3.8) is 0 Å². The molecule has 0 N–H and O–H groups in total. The second-order valence-corrected chi connectivity index (χ2v) is 8.59. The van der Waals surface area contributed by atoms with Crippen LogP contribution in [0.25, 0.3) is 0 Å². The van der Waals surface area contributed by atoms with Crippen LogP contribution < -0.4 is 0 Å². The lowest BCUT2D eigenvalue weighted by molar-refractivity contribution is 0.117. The molecule has 2 heterocycles. The predicted molar refractivity (Wildman–Crippen MR) is 83.7 cm³/mol. The van der Waals surface area contributed by atoms with E-state index in [1.165, 1.54) is 32.4 Å². The van der Waals surface area contributed by atoms with Crippen molar-refractivity contribution in [2.24, 2.45) is 5.92 Å². The van der Waals surface area contributed by atoms with Gasteiger partial charge in [-0.25, -0.2) is 12.7 Å². The zero-order chi connectivity index (χ0) is 14.6. The lowest BCUT2D eigenvalue weighted by atomic mass is 10.0. The van der Waals surface area contributed by atoms with E-state index >= 15 is 0 Å². The zero-order valence-electron chi connectivity index (χ0n) is 12.4. The Kier molecular flexibility index (Phi) is 6.14. The Morgan fingerprint density at radius 3 is 2.25 bits per heavy atom. The maximum Gasteiger partial charge on any atom is 0.214 e. The minimum Gasteiger partial charge on any atom is -0.300 e. The third-order valence-electron chi connectivity index (χ3n) is 4.48. The second-order valence-electron chi connectivity index (χ2n) is 6.26. The number of alkyl halides is 1. The molecule has 2 saturated heterocycles. The van der Waals surface area contributed by atoms with E-state index in [0.717, 1.165) is 12.8 Å². The van der Waals surface area contributed by atoms with Crippen molar-refractivity contribution in [3.05, 3.63) is 0 Å². The fraction of sp³-hybridized carbons (Fsp3) is 1.00. The highest BCUT2D eigenvalue weighted by Gasteiger charge is 2.31. The highest BCUT2D eigenvalue weighted by Crippen LogP contribution is 2.23. The molecule has 1 atom stereocenters. The van der Waals surface area contributed by atoms with E-state index in [9.17, 15) is 8.42 Å². The summed E-state index contributed by atoms with van der Waals surface area (Å²) in [6.07, 6.45) is 5.90.